The molecule has 0 spiro atoms. The lowest BCUT2D eigenvalue weighted by Crippen LogP contribution is -2.30. The molecule has 0 atom stereocenters. The fourth-order valence-corrected chi connectivity index (χ4v) is 2.73. The van der Waals surface area contributed by atoms with Crippen molar-refractivity contribution in [2.45, 2.75) is 6.92 Å². The maximum Gasteiger partial charge on any atom is 0.325 e. The van der Waals surface area contributed by atoms with Gasteiger partial charge in [-0.2, -0.15) is 0 Å². The number of carbonyl (C=O) groups excluding carboxylic acids is 2. The molecule has 0 saturated carbocycles. The predicted octanol–water partition coefficient (Wildman–Crippen LogP) is 3.20. The fourth-order valence-electron chi connectivity index (χ4n) is 2.73. The molecule has 0 aliphatic carbocycles. The van der Waals surface area contributed by atoms with E-state index in [1.165, 1.54) is 0 Å². The number of esters is 1. The highest BCUT2D eigenvalue weighted by molar-refractivity contribution is 6.07. The number of pyridine rings is 1. The summed E-state index contributed by atoms with van der Waals surface area (Å²) in [6.45, 7) is 1.81. The van der Waals surface area contributed by atoms with E-state index in [0.717, 1.165) is 16.7 Å². The van der Waals surface area contributed by atoms with Crippen LogP contribution in [0.3, 0.4) is 0 Å². The van der Waals surface area contributed by atoms with Crippen molar-refractivity contribution in [2.24, 2.45) is 0 Å². The number of fused-ring (bicyclic) bond motifs is 1. The molecule has 3 rings (SSSR count). The van der Waals surface area contributed by atoms with Crippen LogP contribution in [0.5, 0.6) is 5.75 Å². The van der Waals surface area contributed by atoms with Crippen LogP contribution in [0.25, 0.3) is 22.2 Å². The Morgan fingerprint density at radius 1 is 1.07 bits per heavy atom. The zero-order chi connectivity index (χ0) is 19.2. The molecule has 6 nitrogen and oxygen atoms in total. The lowest BCUT2D eigenvalue weighted by molar-refractivity contribution is -0.141. The van der Waals surface area contributed by atoms with Gasteiger partial charge >= 0.3 is 5.97 Å². The first-order valence-electron chi connectivity index (χ1n) is 8.60. The maximum atomic E-state index is 12.7. The number of methoxy groups -OCH3 is 1. The number of hydrogen-bond donors (Lipinski definition) is 1. The van der Waals surface area contributed by atoms with Gasteiger partial charge in [-0.1, -0.05) is 18.2 Å². The first-order chi connectivity index (χ1) is 13.1. The van der Waals surface area contributed by atoms with E-state index in [2.05, 4.69) is 10.3 Å². The molecule has 0 saturated heterocycles. The van der Waals surface area contributed by atoms with Crippen molar-refractivity contribution >= 4 is 22.8 Å². The van der Waals surface area contributed by atoms with Gasteiger partial charge in [-0.25, -0.2) is 4.98 Å². The molecule has 27 heavy (non-hydrogen) atoms. The number of hydrogen-bond acceptors (Lipinski definition) is 5. The van der Waals surface area contributed by atoms with Gasteiger partial charge in [0, 0.05) is 10.9 Å². The predicted molar refractivity (Wildman–Crippen MR) is 103 cm³/mol. The first kappa shape index (κ1) is 18.4. The highest BCUT2D eigenvalue weighted by Crippen LogP contribution is 2.26. The molecular weight excluding hydrogens is 344 g/mol. The van der Waals surface area contributed by atoms with Crippen molar-refractivity contribution in [1.82, 2.24) is 10.3 Å². The number of carbonyl (C=O) groups is 2. The number of benzene rings is 2. The Bertz CT molecular complexity index is 968. The van der Waals surface area contributed by atoms with E-state index in [-0.39, 0.29) is 19.1 Å². The highest BCUT2D eigenvalue weighted by atomic mass is 16.5. The van der Waals surface area contributed by atoms with E-state index in [0.29, 0.717) is 16.8 Å². The van der Waals surface area contributed by atoms with Crippen LogP contribution in [0.1, 0.15) is 17.3 Å². The van der Waals surface area contributed by atoms with Crippen LogP contribution >= 0.6 is 0 Å². The van der Waals surface area contributed by atoms with Crippen molar-refractivity contribution in [1.29, 1.82) is 0 Å². The van der Waals surface area contributed by atoms with Crippen molar-refractivity contribution < 1.29 is 19.1 Å². The second kappa shape index (κ2) is 8.31. The molecule has 1 amide bonds. The van der Waals surface area contributed by atoms with Gasteiger partial charge in [-0.15, -0.1) is 0 Å². The smallest absolute Gasteiger partial charge is 0.325 e. The van der Waals surface area contributed by atoms with E-state index in [1.54, 1.807) is 20.1 Å². The van der Waals surface area contributed by atoms with Gasteiger partial charge in [0.25, 0.3) is 5.91 Å². The molecule has 3 aromatic rings. The molecule has 138 valence electrons. The number of nitrogens with one attached hydrogen (secondary N) is 1. The maximum absolute atomic E-state index is 12.7. The van der Waals surface area contributed by atoms with Gasteiger partial charge in [-0.05, 0) is 43.3 Å². The molecule has 6 heteroatoms. The van der Waals surface area contributed by atoms with E-state index in [4.69, 9.17) is 9.47 Å². The Morgan fingerprint density at radius 2 is 1.81 bits per heavy atom. The van der Waals surface area contributed by atoms with Crippen LogP contribution in [0.4, 0.5) is 0 Å². The lowest BCUT2D eigenvalue weighted by atomic mass is 10.0. The number of rotatable bonds is 6. The van der Waals surface area contributed by atoms with Gasteiger partial charge in [0.2, 0.25) is 0 Å². The standard InChI is InChI=1S/C21H20N2O4/c1-3-27-20(24)13-22-21(25)17-12-19(14-8-10-15(26-2)11-9-14)23-18-7-5-4-6-16(17)18/h4-12H,3,13H2,1-2H3,(H,22,25). The Morgan fingerprint density at radius 3 is 2.52 bits per heavy atom. The summed E-state index contributed by atoms with van der Waals surface area (Å²) >= 11 is 0. The largest absolute Gasteiger partial charge is 0.497 e. The summed E-state index contributed by atoms with van der Waals surface area (Å²) in [6, 6.07) is 16.6. The van der Waals surface area contributed by atoms with Gasteiger partial charge in [0.1, 0.15) is 12.3 Å². The highest BCUT2D eigenvalue weighted by Gasteiger charge is 2.15. The van der Waals surface area contributed by atoms with Crippen LogP contribution in [0.15, 0.2) is 54.6 Å². The summed E-state index contributed by atoms with van der Waals surface area (Å²) in [5, 5.41) is 3.33. The topological polar surface area (TPSA) is 77.5 Å². The second-order valence-electron chi connectivity index (χ2n) is 5.79. The van der Waals surface area contributed by atoms with E-state index >= 15 is 0 Å². The minimum atomic E-state index is -0.473. The number of nitrogens with zero attached hydrogens (tertiary/aromatic N) is 1. The minimum absolute atomic E-state index is 0.179. The third kappa shape index (κ3) is 4.23. The summed E-state index contributed by atoms with van der Waals surface area (Å²) in [6.07, 6.45) is 0. The third-order valence-electron chi connectivity index (χ3n) is 4.05. The normalized spacial score (nSPS) is 10.4. The average Bonchev–Trinajstić information content (AvgIpc) is 2.71. The molecule has 1 aromatic heterocycles. The zero-order valence-corrected chi connectivity index (χ0v) is 15.2. The number of amides is 1. The molecule has 0 fully saturated rings. The Labute approximate surface area is 157 Å². The molecule has 1 heterocycles. The quantitative estimate of drug-likeness (QED) is 0.680. The van der Waals surface area contributed by atoms with Crippen LogP contribution in [0, 0.1) is 0 Å². The van der Waals surface area contributed by atoms with E-state index in [1.807, 2.05) is 48.5 Å². The van der Waals surface area contributed by atoms with Crippen molar-refractivity contribution in [2.75, 3.05) is 20.3 Å². The van der Waals surface area contributed by atoms with Gasteiger partial charge < -0.3 is 14.8 Å². The van der Waals surface area contributed by atoms with Crippen LogP contribution < -0.4 is 10.1 Å². The molecular formula is C21H20N2O4. The second-order valence-corrected chi connectivity index (χ2v) is 5.79. The number of aromatic nitrogens is 1. The Hall–Kier alpha value is -3.41. The fraction of sp³-hybridized carbons (Fsp3) is 0.190. The van der Waals surface area contributed by atoms with Crippen LogP contribution in [-0.4, -0.2) is 37.1 Å². The van der Waals surface area contributed by atoms with Crippen molar-refractivity contribution in [3.8, 4) is 17.0 Å². The molecule has 0 aliphatic rings. The van der Waals surface area contributed by atoms with Gasteiger partial charge in [-0.3, -0.25) is 9.59 Å². The molecule has 0 radical (unpaired) electrons. The monoisotopic (exact) mass is 364 g/mol. The van der Waals surface area contributed by atoms with Crippen molar-refractivity contribution in [3.63, 3.8) is 0 Å². The SMILES string of the molecule is CCOC(=O)CNC(=O)c1cc(-c2ccc(OC)cc2)nc2ccccc12. The van der Waals surface area contributed by atoms with Crippen LogP contribution in [-0.2, 0) is 9.53 Å². The summed E-state index contributed by atoms with van der Waals surface area (Å²) in [4.78, 5) is 28.9. The molecule has 0 bridgehead atoms. The molecule has 0 unspecified atom stereocenters. The first-order valence-corrected chi connectivity index (χ1v) is 8.60. The van der Waals surface area contributed by atoms with Crippen molar-refractivity contribution in [3.05, 3.63) is 60.2 Å². The minimum Gasteiger partial charge on any atom is -0.497 e. The molecule has 1 N–H and O–H groups in total. The zero-order valence-electron chi connectivity index (χ0n) is 15.2. The van der Waals surface area contributed by atoms with Gasteiger partial charge in [0.15, 0.2) is 0 Å². The summed E-state index contributed by atoms with van der Waals surface area (Å²) in [7, 11) is 1.61. The summed E-state index contributed by atoms with van der Waals surface area (Å²) in [5.74, 6) is -0.0806. The third-order valence-corrected chi connectivity index (χ3v) is 4.05. The van der Waals surface area contributed by atoms with Gasteiger partial charge in [0.05, 0.1) is 30.5 Å². The van der Waals surface area contributed by atoms with Crippen LogP contribution in [0.2, 0.25) is 0 Å². The summed E-state index contributed by atoms with van der Waals surface area (Å²) < 4.78 is 10.0. The molecule has 0 aliphatic heterocycles. The average molecular weight is 364 g/mol. The van der Waals surface area contributed by atoms with E-state index in [9.17, 15) is 9.59 Å². The number of para-hydroxylation sites is 1. The summed E-state index contributed by atoms with van der Waals surface area (Å²) in [5.41, 5.74) is 2.68. The Kier molecular flexibility index (Phi) is 5.66. The lowest BCUT2D eigenvalue weighted by Gasteiger charge is -2.11. The Balaban J connectivity index is 1.97. The molecule has 2 aromatic carbocycles. The van der Waals surface area contributed by atoms with E-state index < -0.39 is 5.97 Å². The number of ether oxygens (including phenoxy) is 2.